The molecule has 2 aliphatic heterocycles. The van der Waals surface area contributed by atoms with Gasteiger partial charge in [0.05, 0.1) is 36.1 Å². The van der Waals surface area contributed by atoms with E-state index in [9.17, 15) is 9.50 Å². The van der Waals surface area contributed by atoms with Gasteiger partial charge in [-0.05, 0) is 25.5 Å². The molecule has 3 aromatic rings. The van der Waals surface area contributed by atoms with E-state index in [-0.39, 0.29) is 11.9 Å². The van der Waals surface area contributed by atoms with Crippen LogP contribution in [0.1, 0.15) is 17.7 Å². The molecule has 1 fully saturated rings. The van der Waals surface area contributed by atoms with Gasteiger partial charge in [0.25, 0.3) is 0 Å². The molecule has 5 heterocycles. The first-order valence-electron chi connectivity index (χ1n) is 11.5. The average molecular weight is 470 g/mol. The lowest BCUT2D eigenvalue weighted by atomic mass is 10.0. The predicted molar refractivity (Wildman–Crippen MR) is 123 cm³/mol. The summed E-state index contributed by atoms with van der Waals surface area (Å²) in [5, 5.41) is 14.2. The van der Waals surface area contributed by atoms with Crippen LogP contribution >= 0.6 is 0 Å². The summed E-state index contributed by atoms with van der Waals surface area (Å²) in [5.41, 5.74) is 2.43. The van der Waals surface area contributed by atoms with Gasteiger partial charge in [0, 0.05) is 49.6 Å². The molecule has 2 aliphatic rings. The molecule has 180 valence electrons. The van der Waals surface area contributed by atoms with E-state index in [1.54, 1.807) is 24.4 Å². The highest BCUT2D eigenvalue weighted by molar-refractivity contribution is 5.78. The van der Waals surface area contributed by atoms with Gasteiger partial charge in [-0.3, -0.25) is 9.97 Å². The van der Waals surface area contributed by atoms with Crippen molar-refractivity contribution in [3.63, 3.8) is 0 Å². The molecule has 0 aromatic carbocycles. The molecule has 0 spiro atoms. The largest absolute Gasteiger partial charge is 0.486 e. The Bertz CT molecular complexity index is 1160. The number of fused-ring (bicyclic) bond motifs is 2. The lowest BCUT2D eigenvalue weighted by Gasteiger charge is -2.36. The van der Waals surface area contributed by atoms with Crippen molar-refractivity contribution in [2.45, 2.75) is 31.5 Å². The van der Waals surface area contributed by atoms with Crippen molar-refractivity contribution in [2.75, 3.05) is 40.0 Å². The van der Waals surface area contributed by atoms with Crippen LogP contribution in [0.4, 0.5) is 4.39 Å². The number of rotatable bonds is 7. The number of nitrogens with zero attached hydrogens (tertiary/aromatic N) is 4. The average Bonchev–Trinajstić information content (AvgIpc) is 2.87. The standard InChI is InChI=1S/C24H28FN5O4/c1-32-22-3-2-18-23(29-22)15(16(25)12-27-18)5-8-30-9-6-17(20(31)14-30)28-13-19-24-21(4-7-26-19)33-10-11-34-24/h2-4,7,12,17,20,28,31H,5-6,8-11,13-14H2,1H3/t17-,20+/m0/s1. The third kappa shape index (κ3) is 4.75. The Morgan fingerprint density at radius 3 is 2.97 bits per heavy atom. The van der Waals surface area contributed by atoms with E-state index in [4.69, 9.17) is 14.2 Å². The molecule has 1 saturated heterocycles. The minimum absolute atomic E-state index is 0.0668. The summed E-state index contributed by atoms with van der Waals surface area (Å²) in [5.74, 6) is 1.42. The zero-order valence-electron chi connectivity index (χ0n) is 19.0. The fraction of sp³-hybridized carbons (Fsp3) is 0.458. The highest BCUT2D eigenvalue weighted by Gasteiger charge is 2.28. The number of piperidine rings is 1. The number of ether oxygens (including phenoxy) is 3. The Balaban J connectivity index is 1.18. The number of likely N-dealkylation sites (tertiary alicyclic amines) is 1. The number of aliphatic hydroxyl groups excluding tert-OH is 1. The number of methoxy groups -OCH3 is 1. The molecule has 0 amide bonds. The molecule has 10 heteroatoms. The van der Waals surface area contributed by atoms with Gasteiger partial charge in [-0.2, -0.15) is 0 Å². The monoisotopic (exact) mass is 469 g/mol. The van der Waals surface area contributed by atoms with E-state index in [1.807, 2.05) is 0 Å². The first kappa shape index (κ1) is 22.7. The Morgan fingerprint density at radius 1 is 1.24 bits per heavy atom. The zero-order valence-corrected chi connectivity index (χ0v) is 19.0. The first-order chi connectivity index (χ1) is 16.6. The fourth-order valence-electron chi connectivity index (χ4n) is 4.53. The van der Waals surface area contributed by atoms with Crippen molar-refractivity contribution < 1.29 is 23.7 Å². The van der Waals surface area contributed by atoms with Crippen LogP contribution < -0.4 is 19.5 Å². The van der Waals surface area contributed by atoms with Crippen LogP contribution in [0.3, 0.4) is 0 Å². The molecule has 0 radical (unpaired) electrons. The van der Waals surface area contributed by atoms with Gasteiger partial charge < -0.3 is 29.5 Å². The molecule has 0 bridgehead atoms. The topological polar surface area (TPSA) is 102 Å². The molecular formula is C24H28FN5O4. The molecule has 0 aliphatic carbocycles. The van der Waals surface area contributed by atoms with Crippen molar-refractivity contribution in [3.05, 3.63) is 47.7 Å². The van der Waals surface area contributed by atoms with Crippen LogP contribution in [-0.4, -0.2) is 77.1 Å². The van der Waals surface area contributed by atoms with Gasteiger partial charge in [0.1, 0.15) is 19.0 Å². The normalized spacial score (nSPS) is 20.4. The second-order valence-electron chi connectivity index (χ2n) is 8.48. The zero-order chi connectivity index (χ0) is 23.5. The Kier molecular flexibility index (Phi) is 6.70. The van der Waals surface area contributed by atoms with Crippen LogP contribution in [0.2, 0.25) is 0 Å². The summed E-state index contributed by atoms with van der Waals surface area (Å²) in [6.07, 6.45) is 3.62. The number of hydrogen-bond donors (Lipinski definition) is 2. The quantitative estimate of drug-likeness (QED) is 0.535. The Labute approximate surface area is 196 Å². The van der Waals surface area contributed by atoms with Gasteiger partial charge in [-0.1, -0.05) is 0 Å². The number of pyridine rings is 3. The molecular weight excluding hydrogens is 441 g/mol. The molecule has 34 heavy (non-hydrogen) atoms. The van der Waals surface area contributed by atoms with E-state index in [2.05, 4.69) is 25.2 Å². The van der Waals surface area contributed by atoms with E-state index >= 15 is 0 Å². The minimum atomic E-state index is -0.553. The lowest BCUT2D eigenvalue weighted by Crippen LogP contribution is -2.52. The van der Waals surface area contributed by atoms with Crippen molar-refractivity contribution in [3.8, 4) is 17.4 Å². The summed E-state index contributed by atoms with van der Waals surface area (Å²) in [7, 11) is 1.53. The van der Waals surface area contributed by atoms with Crippen LogP contribution in [-0.2, 0) is 13.0 Å². The van der Waals surface area contributed by atoms with Crippen LogP contribution in [0.25, 0.3) is 11.0 Å². The molecule has 0 unspecified atom stereocenters. The summed E-state index contributed by atoms with van der Waals surface area (Å²) >= 11 is 0. The molecule has 2 N–H and O–H groups in total. The van der Waals surface area contributed by atoms with Gasteiger partial charge in [-0.25, -0.2) is 9.37 Å². The van der Waals surface area contributed by atoms with E-state index in [1.165, 1.54) is 13.3 Å². The van der Waals surface area contributed by atoms with E-state index in [0.717, 1.165) is 18.7 Å². The highest BCUT2D eigenvalue weighted by Crippen LogP contribution is 2.32. The van der Waals surface area contributed by atoms with Gasteiger partial charge in [0.2, 0.25) is 5.88 Å². The minimum Gasteiger partial charge on any atom is -0.486 e. The number of aromatic nitrogens is 3. The van der Waals surface area contributed by atoms with Gasteiger partial charge in [-0.15, -0.1) is 0 Å². The lowest BCUT2D eigenvalue weighted by molar-refractivity contribution is 0.0401. The number of aliphatic hydroxyl groups is 1. The second-order valence-corrected chi connectivity index (χ2v) is 8.48. The van der Waals surface area contributed by atoms with Crippen LogP contribution in [0.5, 0.6) is 17.4 Å². The number of β-amino-alcohol motifs (C(OH)–C–C–N with tert-alkyl or cyclic N) is 1. The second kappa shape index (κ2) is 10.0. The molecule has 2 atom stereocenters. The van der Waals surface area contributed by atoms with Gasteiger partial charge in [0.15, 0.2) is 11.5 Å². The molecule has 3 aromatic heterocycles. The van der Waals surface area contributed by atoms with Crippen molar-refractivity contribution >= 4 is 11.0 Å². The number of halogens is 1. The third-order valence-electron chi connectivity index (χ3n) is 6.35. The Hall–Kier alpha value is -3.08. The van der Waals surface area contributed by atoms with Crippen molar-refractivity contribution in [1.82, 2.24) is 25.2 Å². The molecule has 0 saturated carbocycles. The maximum absolute atomic E-state index is 14.6. The number of nitrogens with one attached hydrogen (secondary N) is 1. The van der Waals surface area contributed by atoms with Crippen molar-refractivity contribution in [1.29, 1.82) is 0 Å². The van der Waals surface area contributed by atoms with Gasteiger partial charge >= 0.3 is 0 Å². The third-order valence-corrected chi connectivity index (χ3v) is 6.35. The maximum atomic E-state index is 14.6. The fourth-order valence-corrected chi connectivity index (χ4v) is 4.53. The highest BCUT2D eigenvalue weighted by atomic mass is 19.1. The summed E-state index contributed by atoms with van der Waals surface area (Å²) in [6, 6.07) is 5.22. The summed E-state index contributed by atoms with van der Waals surface area (Å²) in [4.78, 5) is 15.1. The number of hydrogen-bond acceptors (Lipinski definition) is 9. The maximum Gasteiger partial charge on any atom is 0.213 e. The molecule has 9 nitrogen and oxygen atoms in total. The van der Waals surface area contributed by atoms with E-state index < -0.39 is 6.10 Å². The Morgan fingerprint density at radius 2 is 2.12 bits per heavy atom. The molecule has 5 rings (SSSR count). The predicted octanol–water partition coefficient (Wildman–Crippen LogP) is 1.71. The van der Waals surface area contributed by atoms with Crippen LogP contribution in [0.15, 0.2) is 30.6 Å². The van der Waals surface area contributed by atoms with E-state index in [0.29, 0.717) is 73.2 Å². The van der Waals surface area contributed by atoms with Crippen LogP contribution in [0, 0.1) is 5.82 Å². The SMILES string of the molecule is COc1ccc2ncc(F)c(CCN3CC[C@H](NCc4nccc5c4OCCO5)[C@H](O)C3)c2n1. The summed E-state index contributed by atoms with van der Waals surface area (Å²) < 4.78 is 31.1. The van der Waals surface area contributed by atoms with Crippen molar-refractivity contribution in [2.24, 2.45) is 0 Å². The first-order valence-corrected chi connectivity index (χ1v) is 11.5. The summed E-state index contributed by atoms with van der Waals surface area (Å²) in [6.45, 7) is 3.41. The smallest absolute Gasteiger partial charge is 0.213 e.